The van der Waals surface area contributed by atoms with Gasteiger partial charge >= 0.3 is 0 Å². The summed E-state index contributed by atoms with van der Waals surface area (Å²) in [7, 11) is 0. The Labute approximate surface area is 176 Å². The summed E-state index contributed by atoms with van der Waals surface area (Å²) >= 11 is 1.67. The van der Waals surface area contributed by atoms with E-state index >= 15 is 0 Å². The molecule has 0 bridgehead atoms. The smallest absolute Gasteiger partial charge is 0.255 e. The van der Waals surface area contributed by atoms with Gasteiger partial charge in [0.25, 0.3) is 5.91 Å². The minimum Gasteiger partial charge on any atom is -0.369 e. The van der Waals surface area contributed by atoms with Crippen LogP contribution in [0.15, 0.2) is 66.0 Å². The molecular formula is C24H27N3OS. The molecule has 2 heterocycles. The fraction of sp³-hybridized carbons (Fsp3) is 0.292. The third-order valence-corrected chi connectivity index (χ3v) is 6.40. The number of piperazine rings is 1. The van der Waals surface area contributed by atoms with Crippen LogP contribution < -0.4 is 10.2 Å². The molecule has 4 rings (SSSR count). The highest BCUT2D eigenvalue weighted by Gasteiger charge is 2.19. The highest BCUT2D eigenvalue weighted by Crippen LogP contribution is 2.31. The number of hydrogen-bond donors (Lipinski definition) is 1. The molecule has 1 aromatic heterocycles. The summed E-state index contributed by atoms with van der Waals surface area (Å²) in [5, 5.41) is 5.13. The lowest BCUT2D eigenvalue weighted by molar-refractivity contribution is 0.102. The molecule has 2 aromatic carbocycles. The van der Waals surface area contributed by atoms with Crippen molar-refractivity contribution in [1.29, 1.82) is 0 Å². The van der Waals surface area contributed by atoms with Crippen molar-refractivity contribution in [2.45, 2.75) is 19.9 Å². The van der Waals surface area contributed by atoms with Crippen LogP contribution in [-0.2, 0) is 0 Å². The molecule has 5 heteroatoms. The summed E-state index contributed by atoms with van der Waals surface area (Å²) in [6.45, 7) is 8.72. The minimum absolute atomic E-state index is 0.0785. The number of hydrogen-bond acceptors (Lipinski definition) is 4. The second-order valence-electron chi connectivity index (χ2n) is 7.64. The Morgan fingerprint density at radius 1 is 0.931 bits per heavy atom. The van der Waals surface area contributed by atoms with Crippen molar-refractivity contribution < 1.29 is 4.79 Å². The minimum atomic E-state index is -0.0785. The number of nitrogens with one attached hydrogen (secondary N) is 1. The van der Waals surface area contributed by atoms with Gasteiger partial charge in [0.05, 0.1) is 0 Å². The average molecular weight is 406 g/mol. The zero-order chi connectivity index (χ0) is 20.2. The highest BCUT2D eigenvalue weighted by atomic mass is 32.1. The van der Waals surface area contributed by atoms with Gasteiger partial charge in [0.15, 0.2) is 0 Å². The van der Waals surface area contributed by atoms with Crippen molar-refractivity contribution in [2.24, 2.45) is 0 Å². The van der Waals surface area contributed by atoms with Gasteiger partial charge in [-0.3, -0.25) is 9.69 Å². The van der Waals surface area contributed by atoms with Crippen LogP contribution in [0, 0.1) is 0 Å². The number of thiophene rings is 1. The summed E-state index contributed by atoms with van der Waals surface area (Å²) < 4.78 is 0. The van der Waals surface area contributed by atoms with Gasteiger partial charge in [0.1, 0.15) is 0 Å². The first-order chi connectivity index (χ1) is 14.1. The molecular weight excluding hydrogens is 378 g/mol. The summed E-state index contributed by atoms with van der Waals surface area (Å²) in [6.07, 6.45) is 0. The van der Waals surface area contributed by atoms with Gasteiger partial charge in [-0.25, -0.2) is 0 Å². The lowest BCUT2D eigenvalue weighted by Gasteiger charge is -2.38. The van der Waals surface area contributed by atoms with Crippen LogP contribution in [0.1, 0.15) is 24.2 Å². The summed E-state index contributed by atoms with van der Waals surface area (Å²) in [5.74, 6) is -0.0785. The molecule has 1 N–H and O–H groups in total. The predicted molar refractivity (Wildman–Crippen MR) is 123 cm³/mol. The number of carbonyl (C=O) groups is 1. The third kappa shape index (κ3) is 4.52. The normalized spacial score (nSPS) is 14.9. The van der Waals surface area contributed by atoms with E-state index in [0.717, 1.165) is 42.3 Å². The van der Waals surface area contributed by atoms with Gasteiger partial charge in [0, 0.05) is 59.6 Å². The molecule has 0 spiro atoms. The molecule has 150 valence electrons. The Morgan fingerprint density at radius 2 is 1.66 bits per heavy atom. The van der Waals surface area contributed by atoms with Crippen LogP contribution in [0.5, 0.6) is 0 Å². The topological polar surface area (TPSA) is 35.6 Å². The summed E-state index contributed by atoms with van der Waals surface area (Å²) in [5.41, 5.74) is 3.75. The fourth-order valence-corrected chi connectivity index (χ4v) is 4.52. The second kappa shape index (κ2) is 8.80. The van der Waals surface area contributed by atoms with Crippen LogP contribution in [0.2, 0.25) is 0 Å². The molecule has 1 saturated heterocycles. The first-order valence-electron chi connectivity index (χ1n) is 10.1. The molecule has 0 saturated carbocycles. The van der Waals surface area contributed by atoms with Crippen molar-refractivity contribution in [3.05, 3.63) is 71.6 Å². The molecule has 1 amide bonds. The maximum atomic E-state index is 12.8. The molecule has 29 heavy (non-hydrogen) atoms. The number of anilines is 2. The van der Waals surface area contributed by atoms with Gasteiger partial charge in [-0.05, 0) is 55.6 Å². The van der Waals surface area contributed by atoms with Crippen molar-refractivity contribution in [1.82, 2.24) is 4.90 Å². The quantitative estimate of drug-likeness (QED) is 0.634. The molecule has 0 unspecified atom stereocenters. The molecule has 4 nitrogen and oxygen atoms in total. The van der Waals surface area contributed by atoms with E-state index in [2.05, 4.69) is 47.2 Å². The molecule has 0 atom stereocenters. The monoisotopic (exact) mass is 405 g/mol. The maximum Gasteiger partial charge on any atom is 0.255 e. The van der Waals surface area contributed by atoms with Gasteiger partial charge in [-0.1, -0.05) is 24.3 Å². The first kappa shape index (κ1) is 19.7. The Balaban J connectivity index is 1.43. The van der Waals surface area contributed by atoms with Crippen LogP contribution in [0.3, 0.4) is 0 Å². The van der Waals surface area contributed by atoms with Crippen molar-refractivity contribution in [3.8, 4) is 10.4 Å². The summed E-state index contributed by atoms with van der Waals surface area (Å²) in [4.78, 5) is 18.9. The van der Waals surface area contributed by atoms with E-state index < -0.39 is 0 Å². The largest absolute Gasteiger partial charge is 0.369 e. The number of amides is 1. The van der Waals surface area contributed by atoms with Crippen LogP contribution in [-0.4, -0.2) is 43.0 Å². The molecule has 1 aliphatic heterocycles. The van der Waals surface area contributed by atoms with Crippen LogP contribution >= 0.6 is 11.3 Å². The Morgan fingerprint density at radius 3 is 2.31 bits per heavy atom. The molecule has 0 aliphatic carbocycles. The Hall–Kier alpha value is -2.63. The maximum absolute atomic E-state index is 12.8. The van der Waals surface area contributed by atoms with Crippen molar-refractivity contribution in [3.63, 3.8) is 0 Å². The van der Waals surface area contributed by atoms with Gasteiger partial charge in [0.2, 0.25) is 0 Å². The Bertz CT molecular complexity index is 943. The van der Waals surface area contributed by atoms with Gasteiger partial charge < -0.3 is 10.2 Å². The fourth-order valence-electron chi connectivity index (χ4n) is 3.75. The van der Waals surface area contributed by atoms with Crippen LogP contribution in [0.25, 0.3) is 10.4 Å². The summed E-state index contributed by atoms with van der Waals surface area (Å²) in [6, 6.07) is 20.6. The van der Waals surface area contributed by atoms with Crippen LogP contribution in [0.4, 0.5) is 11.4 Å². The number of benzene rings is 2. The SMILES string of the molecule is CC(C)N1CCN(c2ccc(C(=O)Nc3ccccc3-c3cccs3)cc2)CC1. The zero-order valence-electron chi connectivity index (χ0n) is 17.0. The van der Waals surface area contributed by atoms with E-state index in [1.54, 1.807) is 11.3 Å². The number of rotatable bonds is 5. The van der Waals surface area contributed by atoms with E-state index in [1.165, 1.54) is 5.69 Å². The first-order valence-corrected chi connectivity index (χ1v) is 11.0. The number of para-hydroxylation sites is 1. The Kier molecular flexibility index (Phi) is 5.97. The number of nitrogens with zero attached hydrogens (tertiary/aromatic N) is 2. The highest BCUT2D eigenvalue weighted by molar-refractivity contribution is 7.13. The molecule has 0 radical (unpaired) electrons. The predicted octanol–water partition coefficient (Wildman–Crippen LogP) is 5.20. The van der Waals surface area contributed by atoms with E-state index in [1.807, 2.05) is 47.8 Å². The molecule has 1 fully saturated rings. The number of carbonyl (C=O) groups excluding carboxylic acids is 1. The lowest BCUT2D eigenvalue weighted by atomic mass is 10.1. The van der Waals surface area contributed by atoms with E-state index in [-0.39, 0.29) is 5.91 Å². The standard InChI is InChI=1S/C24H27N3OS/c1-18(2)26-13-15-27(16-14-26)20-11-9-19(10-12-20)24(28)25-22-7-4-3-6-21(22)23-8-5-17-29-23/h3-12,17-18H,13-16H2,1-2H3,(H,25,28). The van der Waals surface area contributed by atoms with E-state index in [9.17, 15) is 4.79 Å². The van der Waals surface area contributed by atoms with Crippen molar-refractivity contribution in [2.75, 3.05) is 36.4 Å². The second-order valence-corrected chi connectivity index (χ2v) is 8.59. The average Bonchev–Trinajstić information content (AvgIpc) is 3.29. The van der Waals surface area contributed by atoms with Gasteiger partial charge in [-0.15, -0.1) is 11.3 Å². The lowest BCUT2D eigenvalue weighted by Crippen LogP contribution is -2.48. The van der Waals surface area contributed by atoms with E-state index in [0.29, 0.717) is 11.6 Å². The van der Waals surface area contributed by atoms with Gasteiger partial charge in [-0.2, -0.15) is 0 Å². The third-order valence-electron chi connectivity index (χ3n) is 5.50. The van der Waals surface area contributed by atoms with Crippen molar-refractivity contribution >= 4 is 28.6 Å². The zero-order valence-corrected chi connectivity index (χ0v) is 17.8. The molecule has 3 aromatic rings. The molecule has 1 aliphatic rings. The van der Waals surface area contributed by atoms with E-state index in [4.69, 9.17) is 0 Å².